The molecule has 130 valence electrons. The standard InChI is InChI=1S/C17H19N5O3/c1-10(2)13-7-14(21-20-13)16(24)19-12-5-3-4-11(6-12)9-22-15(23)8-18-17(22)25/h3-7,10H,8-9H2,1-2H3,(H,18,25)(H,19,24)(H,20,21). The van der Waals surface area contributed by atoms with Gasteiger partial charge < -0.3 is 10.6 Å². The van der Waals surface area contributed by atoms with E-state index in [2.05, 4.69) is 20.8 Å². The summed E-state index contributed by atoms with van der Waals surface area (Å²) in [4.78, 5) is 36.7. The van der Waals surface area contributed by atoms with Gasteiger partial charge in [-0.05, 0) is 29.7 Å². The fourth-order valence-corrected chi connectivity index (χ4v) is 2.49. The van der Waals surface area contributed by atoms with Crippen molar-refractivity contribution in [2.75, 3.05) is 11.9 Å². The van der Waals surface area contributed by atoms with E-state index in [1.807, 2.05) is 13.8 Å². The van der Waals surface area contributed by atoms with E-state index in [1.54, 1.807) is 30.3 Å². The maximum absolute atomic E-state index is 12.3. The van der Waals surface area contributed by atoms with Crippen molar-refractivity contribution in [1.82, 2.24) is 20.4 Å². The van der Waals surface area contributed by atoms with E-state index in [9.17, 15) is 14.4 Å². The zero-order valence-corrected chi connectivity index (χ0v) is 14.0. The second-order valence-corrected chi connectivity index (χ2v) is 6.16. The third kappa shape index (κ3) is 3.68. The van der Waals surface area contributed by atoms with Gasteiger partial charge >= 0.3 is 6.03 Å². The molecule has 0 saturated carbocycles. The molecule has 1 aliphatic rings. The van der Waals surface area contributed by atoms with Gasteiger partial charge in [0.05, 0.1) is 13.1 Å². The average Bonchev–Trinajstić information content (AvgIpc) is 3.18. The zero-order chi connectivity index (χ0) is 18.0. The van der Waals surface area contributed by atoms with Gasteiger partial charge in [0.15, 0.2) is 5.69 Å². The molecule has 0 radical (unpaired) electrons. The first-order chi connectivity index (χ1) is 11.9. The van der Waals surface area contributed by atoms with Crippen molar-refractivity contribution < 1.29 is 14.4 Å². The van der Waals surface area contributed by atoms with Crippen molar-refractivity contribution in [3.8, 4) is 0 Å². The summed E-state index contributed by atoms with van der Waals surface area (Å²) >= 11 is 0. The monoisotopic (exact) mass is 341 g/mol. The highest BCUT2D eigenvalue weighted by Crippen LogP contribution is 2.16. The van der Waals surface area contributed by atoms with E-state index in [0.717, 1.165) is 16.2 Å². The molecule has 25 heavy (non-hydrogen) atoms. The number of nitrogens with zero attached hydrogens (tertiary/aromatic N) is 2. The molecule has 1 aliphatic heterocycles. The molecule has 3 rings (SSSR count). The van der Waals surface area contributed by atoms with Crippen LogP contribution >= 0.6 is 0 Å². The molecule has 0 atom stereocenters. The number of aromatic amines is 1. The number of H-pyrrole nitrogens is 1. The van der Waals surface area contributed by atoms with Crippen LogP contribution in [0.4, 0.5) is 10.5 Å². The number of imide groups is 1. The van der Waals surface area contributed by atoms with Crippen LogP contribution in [-0.4, -0.2) is 39.5 Å². The number of anilines is 1. The molecule has 0 spiro atoms. The quantitative estimate of drug-likeness (QED) is 0.721. The van der Waals surface area contributed by atoms with E-state index in [-0.39, 0.29) is 30.8 Å². The number of rotatable bonds is 5. The second-order valence-electron chi connectivity index (χ2n) is 6.16. The summed E-state index contributed by atoms with van der Waals surface area (Å²) in [7, 11) is 0. The summed E-state index contributed by atoms with van der Waals surface area (Å²) in [5.41, 5.74) is 2.51. The van der Waals surface area contributed by atoms with Crippen LogP contribution in [0.2, 0.25) is 0 Å². The van der Waals surface area contributed by atoms with Gasteiger partial charge in [0, 0.05) is 11.4 Å². The molecular formula is C17H19N5O3. The van der Waals surface area contributed by atoms with Crippen LogP contribution in [0.3, 0.4) is 0 Å². The van der Waals surface area contributed by atoms with Crippen LogP contribution in [0.5, 0.6) is 0 Å². The number of hydrogen-bond donors (Lipinski definition) is 3. The number of carbonyl (C=O) groups excluding carboxylic acids is 3. The number of nitrogens with one attached hydrogen (secondary N) is 3. The van der Waals surface area contributed by atoms with E-state index in [0.29, 0.717) is 11.4 Å². The minimum absolute atomic E-state index is 0.0204. The summed E-state index contributed by atoms with van der Waals surface area (Å²) in [5.74, 6) is -0.339. The lowest BCUT2D eigenvalue weighted by Gasteiger charge is -2.13. The maximum atomic E-state index is 12.3. The molecule has 0 aliphatic carbocycles. The van der Waals surface area contributed by atoms with E-state index in [4.69, 9.17) is 0 Å². The average molecular weight is 341 g/mol. The lowest BCUT2D eigenvalue weighted by Crippen LogP contribution is -2.30. The van der Waals surface area contributed by atoms with Gasteiger partial charge in [0.1, 0.15) is 0 Å². The summed E-state index contributed by atoms with van der Waals surface area (Å²) in [6, 6.07) is 8.33. The number of carbonyl (C=O) groups is 3. The van der Waals surface area contributed by atoms with Crippen molar-refractivity contribution in [3.05, 3.63) is 47.3 Å². The van der Waals surface area contributed by atoms with Crippen LogP contribution in [-0.2, 0) is 11.3 Å². The minimum atomic E-state index is -0.405. The third-order valence-electron chi connectivity index (χ3n) is 3.91. The first kappa shape index (κ1) is 16.7. The van der Waals surface area contributed by atoms with Gasteiger partial charge in [-0.25, -0.2) is 4.79 Å². The summed E-state index contributed by atoms with van der Waals surface area (Å²) in [5, 5.41) is 12.1. The van der Waals surface area contributed by atoms with Crippen LogP contribution in [0.15, 0.2) is 30.3 Å². The Morgan fingerprint density at radius 3 is 2.76 bits per heavy atom. The van der Waals surface area contributed by atoms with Gasteiger partial charge in [-0.3, -0.25) is 19.6 Å². The molecular weight excluding hydrogens is 322 g/mol. The molecule has 2 heterocycles. The first-order valence-corrected chi connectivity index (χ1v) is 7.98. The Morgan fingerprint density at radius 1 is 1.32 bits per heavy atom. The Balaban J connectivity index is 1.69. The molecule has 1 fully saturated rings. The Hall–Kier alpha value is -3.16. The van der Waals surface area contributed by atoms with Crippen LogP contribution in [0.1, 0.15) is 41.5 Å². The van der Waals surface area contributed by atoms with Gasteiger partial charge in [-0.1, -0.05) is 26.0 Å². The highest BCUT2D eigenvalue weighted by molar-refractivity contribution is 6.03. The van der Waals surface area contributed by atoms with Crippen molar-refractivity contribution in [2.24, 2.45) is 0 Å². The SMILES string of the molecule is CC(C)c1cc(C(=O)Nc2cccc(CN3C(=O)CNC3=O)c2)n[nH]1. The van der Waals surface area contributed by atoms with Crippen LogP contribution in [0.25, 0.3) is 0 Å². The van der Waals surface area contributed by atoms with Crippen molar-refractivity contribution in [2.45, 2.75) is 26.3 Å². The predicted octanol–water partition coefficient (Wildman–Crippen LogP) is 1.84. The van der Waals surface area contributed by atoms with Crippen LogP contribution < -0.4 is 10.6 Å². The molecule has 1 saturated heterocycles. The summed E-state index contributed by atoms with van der Waals surface area (Å²) < 4.78 is 0. The predicted molar refractivity (Wildman–Crippen MR) is 91.0 cm³/mol. The summed E-state index contributed by atoms with van der Waals surface area (Å²) in [6.07, 6.45) is 0. The highest BCUT2D eigenvalue weighted by Gasteiger charge is 2.28. The fraction of sp³-hybridized carbons (Fsp3) is 0.294. The molecule has 8 heteroatoms. The number of aromatic nitrogens is 2. The Kier molecular flexibility index (Phi) is 4.51. The van der Waals surface area contributed by atoms with Gasteiger partial charge in [-0.15, -0.1) is 0 Å². The second kappa shape index (κ2) is 6.76. The Bertz CT molecular complexity index is 811. The van der Waals surface area contributed by atoms with Gasteiger partial charge in [0.2, 0.25) is 5.91 Å². The topological polar surface area (TPSA) is 107 Å². The van der Waals surface area contributed by atoms with Crippen molar-refractivity contribution >= 4 is 23.5 Å². The maximum Gasteiger partial charge on any atom is 0.324 e. The third-order valence-corrected chi connectivity index (χ3v) is 3.91. The van der Waals surface area contributed by atoms with E-state index >= 15 is 0 Å². The molecule has 3 N–H and O–H groups in total. The molecule has 8 nitrogen and oxygen atoms in total. The number of urea groups is 1. The Morgan fingerprint density at radius 2 is 2.12 bits per heavy atom. The van der Waals surface area contributed by atoms with Gasteiger partial charge in [0.25, 0.3) is 5.91 Å². The summed E-state index contributed by atoms with van der Waals surface area (Å²) in [6.45, 7) is 4.20. The van der Waals surface area contributed by atoms with Crippen molar-refractivity contribution in [1.29, 1.82) is 0 Å². The van der Waals surface area contributed by atoms with Gasteiger partial charge in [-0.2, -0.15) is 5.10 Å². The Labute approximate surface area is 144 Å². The molecule has 1 aromatic carbocycles. The molecule has 2 aromatic rings. The zero-order valence-electron chi connectivity index (χ0n) is 14.0. The lowest BCUT2D eigenvalue weighted by atomic mass is 10.1. The molecule has 0 bridgehead atoms. The van der Waals surface area contributed by atoms with E-state index in [1.165, 1.54) is 0 Å². The van der Waals surface area contributed by atoms with Crippen molar-refractivity contribution in [3.63, 3.8) is 0 Å². The lowest BCUT2D eigenvalue weighted by molar-refractivity contribution is -0.125. The minimum Gasteiger partial charge on any atom is -0.329 e. The molecule has 0 unspecified atom stereocenters. The molecule has 4 amide bonds. The number of amides is 4. The molecule has 1 aromatic heterocycles. The number of benzene rings is 1. The van der Waals surface area contributed by atoms with E-state index < -0.39 is 6.03 Å². The first-order valence-electron chi connectivity index (χ1n) is 7.98. The normalized spacial score (nSPS) is 14.1. The largest absolute Gasteiger partial charge is 0.329 e. The van der Waals surface area contributed by atoms with Crippen LogP contribution in [0, 0.1) is 0 Å². The number of hydrogen-bond acceptors (Lipinski definition) is 4. The smallest absolute Gasteiger partial charge is 0.324 e. The highest BCUT2D eigenvalue weighted by atomic mass is 16.2. The fourth-order valence-electron chi connectivity index (χ4n) is 2.49.